The van der Waals surface area contributed by atoms with Crippen molar-refractivity contribution in [1.82, 2.24) is 15.0 Å². The Morgan fingerprint density at radius 1 is 1.00 bits per heavy atom. The summed E-state index contributed by atoms with van der Waals surface area (Å²) in [6, 6.07) is 9.54. The van der Waals surface area contributed by atoms with Crippen LogP contribution in [0, 0.1) is 7.05 Å². The molecule has 7 heteroatoms. The van der Waals surface area contributed by atoms with Gasteiger partial charge in [0, 0.05) is 38.4 Å². The summed E-state index contributed by atoms with van der Waals surface area (Å²) in [5.41, 5.74) is 0.875. The minimum atomic E-state index is 0. The van der Waals surface area contributed by atoms with Gasteiger partial charge in [0.15, 0.2) is 5.95 Å². The minimum absolute atomic E-state index is 0. The maximum Gasteiger partial charge on any atom is 0.233 e. The molecule has 0 saturated heterocycles. The summed E-state index contributed by atoms with van der Waals surface area (Å²) in [5, 5.41) is 5.67. The second kappa shape index (κ2) is 6.84. The van der Waals surface area contributed by atoms with Crippen molar-refractivity contribution >= 4 is 29.2 Å². The number of para-hydroxylation sites is 1. The number of anilines is 3. The third-order valence-corrected chi connectivity index (χ3v) is 1.97. The number of hydrogen-bond donors (Lipinski definition) is 2. The molecular weight excluding hydrogens is 315 g/mol. The van der Waals surface area contributed by atoms with Crippen LogP contribution in [-0.2, 0) is 32.7 Å². The first-order valence-electron chi connectivity index (χ1n) is 4.54. The molecule has 0 bridgehead atoms. The van der Waals surface area contributed by atoms with Crippen LogP contribution in [0.3, 0.4) is 0 Å². The molecule has 1 aromatic heterocycles. The Hall–Kier alpha value is -0.776. The van der Waals surface area contributed by atoms with Gasteiger partial charge in [0.2, 0.25) is 11.2 Å². The molecule has 2 rings (SSSR count). The molecule has 0 saturated carbocycles. The van der Waals surface area contributed by atoms with Gasteiger partial charge in [-0.25, -0.2) is 0 Å². The fourth-order valence-electron chi connectivity index (χ4n) is 1.14. The fourth-order valence-corrected chi connectivity index (χ4v) is 1.30. The van der Waals surface area contributed by atoms with Gasteiger partial charge in [0.1, 0.15) is 0 Å². The normalized spacial score (nSPS) is 9.29. The monoisotopic (exact) mass is 323 g/mol. The van der Waals surface area contributed by atoms with Gasteiger partial charge in [0.25, 0.3) is 0 Å². The van der Waals surface area contributed by atoms with Crippen LogP contribution >= 0.6 is 11.6 Å². The summed E-state index contributed by atoms with van der Waals surface area (Å²) < 4.78 is 0. The smallest absolute Gasteiger partial charge is 0.233 e. The van der Waals surface area contributed by atoms with E-state index in [2.05, 4.69) is 32.6 Å². The van der Waals surface area contributed by atoms with Crippen molar-refractivity contribution in [3.63, 3.8) is 0 Å². The van der Waals surface area contributed by atoms with E-state index in [9.17, 15) is 0 Å². The van der Waals surface area contributed by atoms with Gasteiger partial charge in [-0.05, 0) is 23.7 Å². The predicted molar refractivity (Wildman–Crippen MR) is 63.5 cm³/mol. The molecule has 0 atom stereocenters. The molecule has 0 spiro atoms. The van der Waals surface area contributed by atoms with E-state index in [0.717, 1.165) is 5.69 Å². The topological polar surface area (TPSA) is 62.7 Å². The summed E-state index contributed by atoms with van der Waals surface area (Å²) in [4.78, 5) is 11.8. The third-order valence-electron chi connectivity index (χ3n) is 1.80. The molecule has 1 aromatic carbocycles. The average Bonchev–Trinajstić information content (AvgIpc) is 2.29. The van der Waals surface area contributed by atoms with Gasteiger partial charge < -0.3 is 10.6 Å². The largest absolute Gasteiger partial charge is 0.506 e. The van der Waals surface area contributed by atoms with Crippen LogP contribution in [-0.4, -0.2) is 15.0 Å². The molecule has 2 N–H and O–H groups in total. The molecule has 0 aliphatic carbocycles. The van der Waals surface area contributed by atoms with Crippen molar-refractivity contribution in [1.29, 1.82) is 0 Å². The second-order valence-corrected chi connectivity index (χ2v) is 3.26. The molecule has 0 unspecified atom stereocenters. The summed E-state index contributed by atoms with van der Waals surface area (Å²) >= 11 is 5.72. The molecule has 17 heavy (non-hydrogen) atoms. The number of nitrogens with zero attached hydrogens (tertiary/aromatic N) is 3. The van der Waals surface area contributed by atoms with Crippen molar-refractivity contribution < 1.29 is 32.7 Å². The Labute approximate surface area is 129 Å². The van der Waals surface area contributed by atoms with E-state index in [4.69, 9.17) is 11.6 Å². The van der Waals surface area contributed by atoms with Crippen LogP contribution in [0.1, 0.15) is 0 Å². The Bertz CT molecular complexity index is 479. The van der Waals surface area contributed by atoms with Gasteiger partial charge in [0.05, 0.1) is 0 Å². The minimum Gasteiger partial charge on any atom is -0.506 e. The van der Waals surface area contributed by atoms with E-state index in [1.54, 1.807) is 0 Å². The van der Waals surface area contributed by atoms with Gasteiger partial charge in [-0.2, -0.15) is 15.0 Å². The zero-order valence-corrected chi connectivity index (χ0v) is 12.5. The van der Waals surface area contributed by atoms with E-state index in [1.165, 1.54) is 0 Å². The van der Waals surface area contributed by atoms with E-state index in [1.807, 2.05) is 30.3 Å². The molecule has 2 aromatic rings. The summed E-state index contributed by atoms with van der Waals surface area (Å²) in [7, 11) is 3.46. The fraction of sp³-hybridized carbons (Fsp3) is 0. The SMILES string of the molecule is [CH2-]Nc1nc(Cl)nc(Nc2ccccc2)n1.[Y]. The number of nitrogens with one attached hydrogen (secondary N) is 2. The van der Waals surface area contributed by atoms with Crippen LogP contribution in [0.5, 0.6) is 0 Å². The van der Waals surface area contributed by atoms with Crippen LogP contribution in [0.15, 0.2) is 30.3 Å². The summed E-state index contributed by atoms with van der Waals surface area (Å²) in [6.45, 7) is 0. The van der Waals surface area contributed by atoms with E-state index in [0.29, 0.717) is 11.9 Å². The number of benzene rings is 1. The summed E-state index contributed by atoms with van der Waals surface area (Å²) in [6.07, 6.45) is 0. The molecule has 0 aliphatic rings. The Morgan fingerprint density at radius 2 is 1.65 bits per heavy atom. The first-order valence-corrected chi connectivity index (χ1v) is 4.92. The first-order chi connectivity index (χ1) is 7.78. The van der Waals surface area contributed by atoms with E-state index in [-0.39, 0.29) is 38.0 Å². The van der Waals surface area contributed by atoms with Crippen LogP contribution in [0.25, 0.3) is 0 Å². The molecule has 1 radical (unpaired) electrons. The maximum absolute atomic E-state index is 5.72. The zero-order chi connectivity index (χ0) is 11.4. The van der Waals surface area contributed by atoms with E-state index < -0.39 is 0 Å². The second-order valence-electron chi connectivity index (χ2n) is 2.92. The molecule has 0 amide bonds. The number of aromatic nitrogens is 3. The van der Waals surface area contributed by atoms with Crippen LogP contribution < -0.4 is 10.6 Å². The van der Waals surface area contributed by atoms with E-state index >= 15 is 0 Å². The van der Waals surface area contributed by atoms with Gasteiger partial charge in [-0.15, -0.1) is 0 Å². The summed E-state index contributed by atoms with van der Waals surface area (Å²) in [5.74, 6) is 0.691. The molecule has 85 valence electrons. The number of halogens is 1. The van der Waals surface area contributed by atoms with Crippen LogP contribution in [0.2, 0.25) is 5.28 Å². The standard InChI is InChI=1S/C10H9ClN5.Y/c1-12-9-14-8(11)15-10(16-9)13-7-5-3-2-4-6-7;/h2-6H,1H2,(H2,12,13,14,15,16);/q-1;. The van der Waals surface area contributed by atoms with Gasteiger partial charge in [-0.1, -0.05) is 18.2 Å². The average molecular weight is 324 g/mol. The Balaban J connectivity index is 0.00000144. The van der Waals surface area contributed by atoms with Gasteiger partial charge >= 0.3 is 0 Å². The zero-order valence-electron chi connectivity index (χ0n) is 8.89. The van der Waals surface area contributed by atoms with Crippen molar-refractivity contribution in [3.8, 4) is 0 Å². The number of hydrogen-bond acceptors (Lipinski definition) is 5. The first kappa shape index (κ1) is 14.3. The Kier molecular flexibility index (Phi) is 5.75. The third kappa shape index (κ3) is 4.18. The van der Waals surface area contributed by atoms with Crippen molar-refractivity contribution in [2.24, 2.45) is 0 Å². The van der Waals surface area contributed by atoms with Gasteiger partial charge in [-0.3, -0.25) is 7.05 Å². The quantitative estimate of drug-likeness (QED) is 0.850. The maximum atomic E-state index is 5.72. The Morgan fingerprint density at radius 3 is 2.29 bits per heavy atom. The van der Waals surface area contributed by atoms with Crippen LogP contribution in [0.4, 0.5) is 17.6 Å². The molecular formula is C10H9ClN5Y-. The molecule has 1 heterocycles. The molecule has 5 nitrogen and oxygen atoms in total. The van der Waals surface area contributed by atoms with Crippen molar-refractivity contribution in [2.45, 2.75) is 0 Å². The van der Waals surface area contributed by atoms with Crippen molar-refractivity contribution in [3.05, 3.63) is 42.7 Å². The molecule has 0 aliphatic heterocycles. The van der Waals surface area contributed by atoms with Crippen molar-refractivity contribution in [2.75, 3.05) is 10.6 Å². The predicted octanol–water partition coefficient (Wildman–Crippen LogP) is 2.47. The number of rotatable bonds is 3. The molecule has 0 fully saturated rings.